The number of methoxy groups -OCH3 is 1. The molecule has 0 spiro atoms. The lowest BCUT2D eigenvalue weighted by Gasteiger charge is -2.34. The monoisotopic (exact) mass is 527 g/mol. The second-order valence-electron chi connectivity index (χ2n) is 8.08. The quantitative estimate of drug-likeness (QED) is 0.344. The second-order valence-corrected chi connectivity index (χ2v) is 10.9. The van der Waals surface area contributed by atoms with Crippen LogP contribution in [0.15, 0.2) is 80.4 Å². The summed E-state index contributed by atoms with van der Waals surface area (Å²) in [5.74, 6) is 0.222. The van der Waals surface area contributed by atoms with E-state index in [0.717, 1.165) is 12.1 Å². The molecule has 1 amide bonds. The van der Waals surface area contributed by atoms with Crippen LogP contribution in [0.3, 0.4) is 0 Å². The van der Waals surface area contributed by atoms with Gasteiger partial charge in [0, 0.05) is 31.7 Å². The maximum Gasteiger partial charge on any atom is 0.254 e. The van der Waals surface area contributed by atoms with Gasteiger partial charge in [-0.05, 0) is 53.9 Å². The number of benzene rings is 2. The third kappa shape index (κ3) is 4.59. The van der Waals surface area contributed by atoms with E-state index in [1.54, 1.807) is 47.2 Å². The fraction of sp³-hybridized carbons (Fsp3) is 0.200. The van der Waals surface area contributed by atoms with Gasteiger partial charge in [0.1, 0.15) is 11.6 Å². The molecular weight excluding hydrogens is 505 g/mol. The van der Waals surface area contributed by atoms with E-state index >= 15 is 0 Å². The molecule has 1 fully saturated rings. The number of anilines is 1. The average molecular weight is 528 g/mol. The molecule has 1 saturated heterocycles. The molecule has 36 heavy (non-hydrogen) atoms. The molecule has 5 rings (SSSR count). The lowest BCUT2D eigenvalue weighted by Crippen LogP contribution is -2.49. The number of carbonyl (C=O) groups excluding carboxylic acids is 1. The van der Waals surface area contributed by atoms with E-state index in [-0.39, 0.29) is 27.6 Å². The Kier molecular flexibility index (Phi) is 6.50. The number of amides is 1. The van der Waals surface area contributed by atoms with Crippen LogP contribution in [0.4, 0.5) is 10.3 Å². The molecule has 0 bridgehead atoms. The molecule has 0 unspecified atom stereocenters. The van der Waals surface area contributed by atoms with Crippen molar-refractivity contribution in [1.82, 2.24) is 9.88 Å². The second kappa shape index (κ2) is 9.75. The number of carbonyl (C=O) groups is 1. The zero-order valence-electron chi connectivity index (χ0n) is 19.3. The number of oxazole rings is 1. The molecule has 0 atom stereocenters. The van der Waals surface area contributed by atoms with Gasteiger partial charge in [-0.3, -0.25) is 4.79 Å². The molecule has 4 aromatic rings. The van der Waals surface area contributed by atoms with Crippen LogP contribution >= 0.6 is 11.3 Å². The summed E-state index contributed by atoms with van der Waals surface area (Å²) in [6, 6.07) is 15.2. The number of piperazine rings is 1. The van der Waals surface area contributed by atoms with Crippen molar-refractivity contribution in [1.29, 1.82) is 0 Å². The Balaban J connectivity index is 1.43. The molecule has 186 valence electrons. The molecule has 3 heterocycles. The van der Waals surface area contributed by atoms with Crippen molar-refractivity contribution in [2.75, 3.05) is 38.2 Å². The number of hydrogen-bond acceptors (Lipinski definition) is 8. The van der Waals surface area contributed by atoms with Crippen molar-refractivity contribution in [3.8, 4) is 16.5 Å². The van der Waals surface area contributed by atoms with E-state index in [0.29, 0.717) is 42.4 Å². The minimum Gasteiger partial charge on any atom is -0.497 e. The lowest BCUT2D eigenvalue weighted by atomic mass is 10.1. The molecule has 2 aromatic carbocycles. The summed E-state index contributed by atoms with van der Waals surface area (Å²) in [4.78, 5) is 21.4. The first-order valence-electron chi connectivity index (χ1n) is 11.1. The van der Waals surface area contributed by atoms with Crippen LogP contribution in [-0.2, 0) is 9.84 Å². The van der Waals surface area contributed by atoms with E-state index in [9.17, 15) is 17.6 Å². The van der Waals surface area contributed by atoms with Crippen molar-refractivity contribution in [2.45, 2.75) is 9.92 Å². The summed E-state index contributed by atoms with van der Waals surface area (Å²) < 4.78 is 51.6. The minimum atomic E-state index is -4.09. The number of hydrogen-bond donors (Lipinski definition) is 0. The SMILES string of the molecule is COc1cccc(C(=O)N2CCN(c3oc(-c4cccs4)nc3S(=O)(=O)c3ccc(F)cc3)CC2)c1. The van der Waals surface area contributed by atoms with E-state index in [1.807, 2.05) is 11.4 Å². The van der Waals surface area contributed by atoms with Gasteiger partial charge < -0.3 is 19.0 Å². The Hall–Kier alpha value is -3.70. The number of nitrogens with zero attached hydrogens (tertiary/aromatic N) is 3. The first-order chi connectivity index (χ1) is 17.4. The smallest absolute Gasteiger partial charge is 0.254 e. The zero-order valence-corrected chi connectivity index (χ0v) is 20.9. The Bertz CT molecular complexity index is 1480. The number of aromatic nitrogens is 1. The summed E-state index contributed by atoms with van der Waals surface area (Å²) in [6.45, 7) is 1.42. The lowest BCUT2D eigenvalue weighted by molar-refractivity contribution is 0.0744. The first-order valence-corrected chi connectivity index (χ1v) is 13.5. The Morgan fingerprint density at radius 1 is 1.06 bits per heavy atom. The largest absolute Gasteiger partial charge is 0.497 e. The molecule has 0 N–H and O–H groups in total. The Labute approximate surface area is 211 Å². The maximum atomic E-state index is 13.5. The number of ether oxygens (including phenoxy) is 1. The number of sulfone groups is 1. The molecular formula is C25H22FN3O5S2. The van der Waals surface area contributed by atoms with Crippen LogP contribution < -0.4 is 9.64 Å². The molecule has 0 radical (unpaired) electrons. The summed E-state index contributed by atoms with van der Waals surface area (Å²) in [5.41, 5.74) is 0.516. The average Bonchev–Trinajstić information content (AvgIpc) is 3.59. The topological polar surface area (TPSA) is 92.9 Å². The number of halogens is 1. The highest BCUT2D eigenvalue weighted by Crippen LogP contribution is 2.36. The van der Waals surface area contributed by atoms with Crippen LogP contribution in [0.2, 0.25) is 0 Å². The van der Waals surface area contributed by atoms with E-state index in [1.165, 1.54) is 23.5 Å². The van der Waals surface area contributed by atoms with Gasteiger partial charge in [0.2, 0.25) is 26.6 Å². The molecule has 8 nitrogen and oxygen atoms in total. The van der Waals surface area contributed by atoms with Crippen molar-refractivity contribution in [2.24, 2.45) is 0 Å². The van der Waals surface area contributed by atoms with Gasteiger partial charge in [0.25, 0.3) is 5.91 Å². The minimum absolute atomic E-state index is 0.0805. The van der Waals surface area contributed by atoms with Gasteiger partial charge in [-0.2, -0.15) is 4.98 Å². The van der Waals surface area contributed by atoms with E-state index in [4.69, 9.17) is 9.15 Å². The van der Waals surface area contributed by atoms with E-state index < -0.39 is 15.7 Å². The van der Waals surface area contributed by atoms with Crippen molar-refractivity contribution < 1.29 is 26.8 Å². The molecule has 0 saturated carbocycles. The highest BCUT2D eigenvalue weighted by Gasteiger charge is 2.34. The third-order valence-corrected chi connectivity index (χ3v) is 8.39. The predicted molar refractivity (Wildman–Crippen MR) is 133 cm³/mol. The highest BCUT2D eigenvalue weighted by molar-refractivity contribution is 7.91. The summed E-state index contributed by atoms with van der Waals surface area (Å²) >= 11 is 1.38. The fourth-order valence-electron chi connectivity index (χ4n) is 3.96. The summed E-state index contributed by atoms with van der Waals surface area (Å²) in [7, 11) is -2.55. The van der Waals surface area contributed by atoms with Crippen LogP contribution in [0.1, 0.15) is 10.4 Å². The Morgan fingerprint density at radius 2 is 1.81 bits per heavy atom. The standard InChI is InChI=1S/C25H22FN3O5S2/c1-33-19-5-2-4-17(16-19)24(30)28-11-13-29(14-12-28)25-23(27-22(34-25)21-6-3-15-35-21)36(31,32)20-9-7-18(26)8-10-20/h2-10,15-16H,11-14H2,1H3. The third-order valence-electron chi connectivity index (χ3n) is 5.86. The van der Waals surface area contributed by atoms with Crippen molar-refractivity contribution in [3.05, 3.63) is 77.4 Å². The first kappa shape index (κ1) is 24.0. The molecule has 11 heteroatoms. The predicted octanol–water partition coefficient (Wildman–Crippen LogP) is 4.35. The van der Waals surface area contributed by atoms with Gasteiger partial charge in [-0.1, -0.05) is 12.1 Å². The maximum absolute atomic E-state index is 13.5. The van der Waals surface area contributed by atoms with Crippen LogP contribution in [0, 0.1) is 5.82 Å². The zero-order chi connectivity index (χ0) is 25.3. The van der Waals surface area contributed by atoms with Crippen LogP contribution in [-0.4, -0.2) is 57.5 Å². The fourth-order valence-corrected chi connectivity index (χ4v) is 5.93. The highest BCUT2D eigenvalue weighted by atomic mass is 32.2. The molecule has 0 aliphatic carbocycles. The van der Waals surface area contributed by atoms with Crippen molar-refractivity contribution >= 4 is 33.0 Å². The van der Waals surface area contributed by atoms with Gasteiger partial charge in [0.05, 0.1) is 16.9 Å². The van der Waals surface area contributed by atoms with E-state index in [2.05, 4.69) is 4.98 Å². The molecule has 1 aliphatic rings. The summed E-state index contributed by atoms with van der Waals surface area (Å²) in [6.07, 6.45) is 0. The van der Waals surface area contributed by atoms with Gasteiger partial charge >= 0.3 is 0 Å². The number of rotatable bonds is 6. The molecule has 2 aromatic heterocycles. The van der Waals surface area contributed by atoms with Crippen molar-refractivity contribution in [3.63, 3.8) is 0 Å². The number of thiophene rings is 1. The Morgan fingerprint density at radius 3 is 2.47 bits per heavy atom. The normalized spacial score (nSPS) is 14.2. The summed E-state index contributed by atoms with van der Waals surface area (Å²) in [5, 5.41) is 1.61. The molecule has 1 aliphatic heterocycles. The van der Waals surface area contributed by atoms with Crippen LogP contribution in [0.5, 0.6) is 5.75 Å². The van der Waals surface area contributed by atoms with Gasteiger partial charge in [-0.25, -0.2) is 12.8 Å². The van der Waals surface area contributed by atoms with Gasteiger partial charge in [0.15, 0.2) is 0 Å². The van der Waals surface area contributed by atoms with Crippen LogP contribution in [0.25, 0.3) is 10.8 Å². The van der Waals surface area contributed by atoms with Gasteiger partial charge in [-0.15, -0.1) is 11.3 Å².